The van der Waals surface area contributed by atoms with Crippen LogP contribution in [0.4, 0.5) is 11.8 Å². The molecule has 0 spiro atoms. The van der Waals surface area contributed by atoms with E-state index in [9.17, 15) is 0 Å². The van der Waals surface area contributed by atoms with Crippen LogP contribution in [0.15, 0.2) is 24.8 Å². The Labute approximate surface area is 204 Å². The zero-order valence-electron chi connectivity index (χ0n) is 20.3. The largest absolute Gasteiger partial charge is 0.489 e. The Hall–Kier alpha value is -3.25. The fourth-order valence-corrected chi connectivity index (χ4v) is 4.29. The first-order valence-electron chi connectivity index (χ1n) is 12.2. The Morgan fingerprint density at radius 2 is 1.86 bits per heavy atom. The van der Waals surface area contributed by atoms with Gasteiger partial charge < -0.3 is 29.3 Å². The van der Waals surface area contributed by atoms with E-state index in [2.05, 4.69) is 35.2 Å². The highest BCUT2D eigenvalue weighted by Crippen LogP contribution is 2.27. The normalized spacial score (nSPS) is 20.8. The molecular weight excluding hydrogens is 450 g/mol. The second-order valence-corrected chi connectivity index (χ2v) is 9.16. The summed E-state index contributed by atoms with van der Waals surface area (Å²) in [4.78, 5) is 22.2. The van der Waals surface area contributed by atoms with E-state index < -0.39 is 0 Å². The fourth-order valence-electron chi connectivity index (χ4n) is 4.29. The molecule has 1 saturated heterocycles. The van der Waals surface area contributed by atoms with Gasteiger partial charge in [0.25, 0.3) is 0 Å². The molecule has 3 aromatic rings. The first-order valence-corrected chi connectivity index (χ1v) is 12.2. The predicted molar refractivity (Wildman–Crippen MR) is 130 cm³/mol. The summed E-state index contributed by atoms with van der Waals surface area (Å²) >= 11 is 0. The number of rotatable bonds is 9. The van der Waals surface area contributed by atoms with Gasteiger partial charge in [-0.1, -0.05) is 0 Å². The highest BCUT2D eigenvalue weighted by molar-refractivity contribution is 5.52. The lowest BCUT2D eigenvalue weighted by Crippen LogP contribution is -2.37. The number of morpholine rings is 1. The molecule has 2 aliphatic rings. The van der Waals surface area contributed by atoms with E-state index >= 15 is 0 Å². The molecule has 0 amide bonds. The van der Waals surface area contributed by atoms with Gasteiger partial charge in [0.05, 0.1) is 25.6 Å². The summed E-state index contributed by atoms with van der Waals surface area (Å²) in [6.07, 6.45) is 8.77. The molecule has 3 aromatic heterocycles. The van der Waals surface area contributed by atoms with Crippen LogP contribution in [0.2, 0.25) is 0 Å². The minimum Gasteiger partial charge on any atom is -0.489 e. The van der Waals surface area contributed by atoms with Gasteiger partial charge in [-0.2, -0.15) is 14.6 Å². The summed E-state index contributed by atoms with van der Waals surface area (Å²) in [5.41, 5.74) is 0.734. The van der Waals surface area contributed by atoms with Crippen molar-refractivity contribution >= 4 is 17.4 Å². The third-order valence-corrected chi connectivity index (χ3v) is 6.27. The lowest BCUT2D eigenvalue weighted by atomic mass is 9.93. The van der Waals surface area contributed by atoms with Crippen molar-refractivity contribution in [2.75, 3.05) is 63.8 Å². The van der Waals surface area contributed by atoms with Crippen LogP contribution in [0.3, 0.4) is 0 Å². The number of fused-ring (bicyclic) bond motifs is 1. The number of nitrogens with one attached hydrogen (secondary N) is 1. The van der Waals surface area contributed by atoms with Crippen molar-refractivity contribution in [3.05, 3.63) is 24.8 Å². The second kappa shape index (κ2) is 11.0. The molecule has 0 radical (unpaired) electrons. The first kappa shape index (κ1) is 23.5. The maximum atomic E-state index is 6.34. The molecule has 1 aliphatic carbocycles. The summed E-state index contributed by atoms with van der Waals surface area (Å²) in [5.74, 6) is 2.16. The Bertz CT molecular complexity index is 1080. The Kier molecular flexibility index (Phi) is 7.38. The van der Waals surface area contributed by atoms with Crippen LogP contribution >= 0.6 is 0 Å². The molecular formula is C23H33N9O3. The van der Waals surface area contributed by atoms with E-state index in [0.717, 1.165) is 56.8 Å². The molecule has 12 heteroatoms. The summed E-state index contributed by atoms with van der Waals surface area (Å²) in [7, 11) is 4.03. The van der Waals surface area contributed by atoms with Crippen molar-refractivity contribution < 1.29 is 14.2 Å². The van der Waals surface area contributed by atoms with Gasteiger partial charge in [-0.25, -0.2) is 15.0 Å². The average Bonchev–Trinajstić information content (AvgIpc) is 3.36. The molecule has 0 bridgehead atoms. The summed E-state index contributed by atoms with van der Waals surface area (Å²) in [5, 5.41) is 7.75. The summed E-state index contributed by atoms with van der Waals surface area (Å²) in [6.45, 7) is 4.46. The maximum Gasteiger partial charge on any atom is 0.321 e. The van der Waals surface area contributed by atoms with E-state index in [4.69, 9.17) is 19.2 Å². The van der Waals surface area contributed by atoms with Gasteiger partial charge >= 0.3 is 6.01 Å². The summed E-state index contributed by atoms with van der Waals surface area (Å²) in [6, 6.07) is 2.74. The Balaban J connectivity index is 1.14. The van der Waals surface area contributed by atoms with Crippen LogP contribution in [0.5, 0.6) is 11.8 Å². The number of ether oxygens (including phenoxy) is 3. The molecule has 0 aromatic carbocycles. The van der Waals surface area contributed by atoms with E-state index in [1.54, 1.807) is 16.9 Å². The van der Waals surface area contributed by atoms with E-state index in [0.29, 0.717) is 43.6 Å². The van der Waals surface area contributed by atoms with Crippen molar-refractivity contribution in [3.8, 4) is 11.8 Å². The maximum absolute atomic E-state index is 6.34. The quantitative estimate of drug-likeness (QED) is 0.477. The van der Waals surface area contributed by atoms with Gasteiger partial charge in [-0.15, -0.1) is 0 Å². The Morgan fingerprint density at radius 3 is 2.60 bits per heavy atom. The molecule has 1 aliphatic heterocycles. The average molecular weight is 484 g/mol. The van der Waals surface area contributed by atoms with Crippen LogP contribution in [0.25, 0.3) is 5.65 Å². The number of nitrogens with zero attached hydrogens (tertiary/aromatic N) is 8. The van der Waals surface area contributed by atoms with Crippen molar-refractivity contribution in [3.63, 3.8) is 0 Å². The monoisotopic (exact) mass is 483 g/mol. The highest BCUT2D eigenvalue weighted by Gasteiger charge is 2.25. The fraction of sp³-hybridized carbons (Fsp3) is 0.609. The molecule has 0 unspecified atom stereocenters. The van der Waals surface area contributed by atoms with Gasteiger partial charge in [0.15, 0.2) is 11.4 Å². The number of aromatic nitrogens is 6. The predicted octanol–water partition coefficient (Wildman–Crippen LogP) is 1.49. The van der Waals surface area contributed by atoms with Crippen LogP contribution in [-0.2, 0) is 4.74 Å². The van der Waals surface area contributed by atoms with Gasteiger partial charge in [-0.05, 0) is 39.8 Å². The van der Waals surface area contributed by atoms with Crippen LogP contribution in [0.1, 0.15) is 25.7 Å². The number of likely N-dealkylation sites (N-methyl/N-ethyl adjacent to an activating group) is 1. The van der Waals surface area contributed by atoms with Crippen LogP contribution in [-0.4, -0.2) is 100 Å². The van der Waals surface area contributed by atoms with Gasteiger partial charge in [-0.3, -0.25) is 0 Å². The zero-order chi connectivity index (χ0) is 24.0. The van der Waals surface area contributed by atoms with E-state index in [1.165, 1.54) is 6.33 Å². The van der Waals surface area contributed by atoms with Gasteiger partial charge in [0.2, 0.25) is 5.95 Å². The van der Waals surface area contributed by atoms with Crippen molar-refractivity contribution in [1.82, 2.24) is 34.4 Å². The molecule has 188 valence electrons. The minimum atomic E-state index is 0.0706. The van der Waals surface area contributed by atoms with Crippen LogP contribution in [0, 0.1) is 0 Å². The number of hydrogen-bond acceptors (Lipinski definition) is 11. The van der Waals surface area contributed by atoms with Crippen LogP contribution < -0.4 is 19.7 Å². The lowest BCUT2D eigenvalue weighted by Gasteiger charge is -2.30. The molecule has 1 saturated carbocycles. The molecule has 5 rings (SSSR count). The molecule has 1 N–H and O–H groups in total. The number of anilines is 2. The molecule has 0 atom stereocenters. The SMILES string of the molecule is CN(C)CCOc1cnc(NC2CCC(Oc3nc(N4CCOCC4)cc4ncnn34)CC2)nc1. The van der Waals surface area contributed by atoms with Crippen molar-refractivity contribution in [2.45, 2.75) is 37.8 Å². The standard InChI is InChI=1S/C23H33N9O3/c1-30(2)7-12-34-19-14-24-22(25-15-19)28-17-3-5-18(6-4-17)35-23-29-21(31-8-10-33-11-9-31)13-20-26-16-27-32(20)23/h13-18H,3-12H2,1-2H3,(H,24,25,28). The third kappa shape index (κ3) is 6.06. The van der Waals surface area contributed by atoms with Gasteiger partial charge in [0.1, 0.15) is 24.9 Å². The minimum absolute atomic E-state index is 0.0706. The Morgan fingerprint density at radius 1 is 1.09 bits per heavy atom. The van der Waals surface area contributed by atoms with E-state index in [1.807, 2.05) is 20.2 Å². The summed E-state index contributed by atoms with van der Waals surface area (Å²) < 4.78 is 19.1. The second-order valence-electron chi connectivity index (χ2n) is 9.16. The van der Waals surface area contributed by atoms with Crippen molar-refractivity contribution in [1.29, 1.82) is 0 Å². The van der Waals surface area contributed by atoms with Gasteiger partial charge in [0, 0.05) is 31.7 Å². The molecule has 2 fully saturated rings. The molecule has 12 nitrogen and oxygen atoms in total. The lowest BCUT2D eigenvalue weighted by molar-refractivity contribution is 0.121. The number of hydrogen-bond donors (Lipinski definition) is 1. The smallest absolute Gasteiger partial charge is 0.321 e. The molecule has 4 heterocycles. The highest BCUT2D eigenvalue weighted by atomic mass is 16.5. The topological polar surface area (TPSA) is 115 Å². The first-order chi connectivity index (χ1) is 17.1. The van der Waals surface area contributed by atoms with Crippen molar-refractivity contribution in [2.24, 2.45) is 0 Å². The zero-order valence-corrected chi connectivity index (χ0v) is 20.3. The molecule has 35 heavy (non-hydrogen) atoms. The van der Waals surface area contributed by atoms with E-state index in [-0.39, 0.29) is 6.10 Å². The third-order valence-electron chi connectivity index (χ3n) is 6.27.